The number of thiophene rings is 1. The maximum atomic E-state index is 12.4. The van der Waals surface area contributed by atoms with E-state index in [0.29, 0.717) is 18.0 Å². The normalized spacial score (nSPS) is 15.8. The van der Waals surface area contributed by atoms with Crippen LogP contribution in [0.2, 0.25) is 0 Å². The Morgan fingerprint density at radius 2 is 2.17 bits per heavy atom. The van der Waals surface area contributed by atoms with Gasteiger partial charge >= 0.3 is 0 Å². The molecule has 0 aromatic carbocycles. The Bertz CT molecular complexity index is 763. The quantitative estimate of drug-likeness (QED) is 0.802. The van der Waals surface area contributed by atoms with Gasteiger partial charge in [-0.3, -0.25) is 14.2 Å². The molecule has 0 spiro atoms. The van der Waals surface area contributed by atoms with E-state index in [-0.39, 0.29) is 11.5 Å². The van der Waals surface area contributed by atoms with Crippen molar-refractivity contribution in [1.29, 1.82) is 0 Å². The van der Waals surface area contributed by atoms with Gasteiger partial charge in [-0.2, -0.15) is 0 Å². The summed E-state index contributed by atoms with van der Waals surface area (Å²) in [6, 6.07) is 1.87. The lowest BCUT2D eigenvalue weighted by atomic mass is 9.96. The lowest BCUT2D eigenvalue weighted by Crippen LogP contribution is -2.39. The highest BCUT2D eigenvalue weighted by molar-refractivity contribution is 9.10. The van der Waals surface area contributed by atoms with Gasteiger partial charge in [0.25, 0.3) is 11.5 Å². The Labute approximate surface area is 147 Å². The maximum absolute atomic E-state index is 12.4. The summed E-state index contributed by atoms with van der Waals surface area (Å²) < 4.78 is 2.64. The summed E-state index contributed by atoms with van der Waals surface area (Å²) in [6.45, 7) is 3.95. The molecule has 1 saturated heterocycles. The van der Waals surface area contributed by atoms with Gasteiger partial charge < -0.3 is 4.90 Å². The van der Waals surface area contributed by atoms with Crippen molar-refractivity contribution in [2.45, 2.75) is 26.3 Å². The van der Waals surface area contributed by atoms with E-state index in [0.717, 1.165) is 35.3 Å². The van der Waals surface area contributed by atoms with E-state index in [1.807, 2.05) is 16.3 Å². The predicted molar refractivity (Wildman–Crippen MR) is 93.9 cm³/mol. The van der Waals surface area contributed by atoms with Crippen molar-refractivity contribution in [1.82, 2.24) is 14.5 Å². The first-order valence-electron chi connectivity index (χ1n) is 7.59. The SMILES string of the molecule is Cc1cncn(CC2CCN(C(=O)c3cc(Br)cs3)CC2)c1=O. The fourth-order valence-corrected chi connectivity index (χ4v) is 4.26. The predicted octanol–water partition coefficient (Wildman–Crippen LogP) is 2.93. The Balaban J connectivity index is 1.59. The molecular weight excluding hydrogens is 378 g/mol. The summed E-state index contributed by atoms with van der Waals surface area (Å²) in [5, 5.41) is 1.93. The molecule has 0 N–H and O–H groups in total. The topological polar surface area (TPSA) is 55.2 Å². The lowest BCUT2D eigenvalue weighted by Gasteiger charge is -2.32. The highest BCUT2D eigenvalue weighted by atomic mass is 79.9. The largest absolute Gasteiger partial charge is 0.338 e. The van der Waals surface area contributed by atoms with Crippen LogP contribution in [-0.4, -0.2) is 33.4 Å². The zero-order chi connectivity index (χ0) is 16.4. The average Bonchev–Trinajstić information content (AvgIpc) is 2.98. The summed E-state index contributed by atoms with van der Waals surface area (Å²) in [7, 11) is 0. The van der Waals surface area contributed by atoms with Crippen LogP contribution in [0.4, 0.5) is 0 Å². The van der Waals surface area contributed by atoms with Gasteiger partial charge in [0.2, 0.25) is 0 Å². The number of piperidine rings is 1. The number of rotatable bonds is 3. The van der Waals surface area contributed by atoms with Crippen LogP contribution in [0.1, 0.15) is 28.1 Å². The molecule has 2 aromatic rings. The molecule has 23 heavy (non-hydrogen) atoms. The summed E-state index contributed by atoms with van der Waals surface area (Å²) in [6.07, 6.45) is 5.03. The van der Waals surface area contributed by atoms with Crippen LogP contribution < -0.4 is 5.56 Å². The van der Waals surface area contributed by atoms with Crippen molar-refractivity contribution < 1.29 is 4.79 Å². The highest BCUT2D eigenvalue weighted by Crippen LogP contribution is 2.24. The van der Waals surface area contributed by atoms with Crippen LogP contribution in [0.15, 0.2) is 33.2 Å². The van der Waals surface area contributed by atoms with Gasteiger partial charge in [-0.25, -0.2) is 4.98 Å². The van der Waals surface area contributed by atoms with Crippen LogP contribution in [0.3, 0.4) is 0 Å². The summed E-state index contributed by atoms with van der Waals surface area (Å²) in [5.41, 5.74) is 0.699. The number of amides is 1. The van der Waals surface area contributed by atoms with E-state index >= 15 is 0 Å². The second-order valence-corrected chi connectivity index (χ2v) is 7.73. The van der Waals surface area contributed by atoms with Gasteiger partial charge in [-0.15, -0.1) is 11.3 Å². The van der Waals surface area contributed by atoms with Crippen LogP contribution in [0.5, 0.6) is 0 Å². The van der Waals surface area contributed by atoms with Gasteiger partial charge in [-0.1, -0.05) is 0 Å². The second-order valence-electron chi connectivity index (χ2n) is 5.90. The number of nitrogens with zero attached hydrogens (tertiary/aromatic N) is 3. The molecule has 0 atom stereocenters. The molecule has 3 heterocycles. The molecule has 3 rings (SSSR count). The number of carbonyl (C=O) groups excluding carboxylic acids is 1. The van der Waals surface area contributed by atoms with Crippen LogP contribution in [-0.2, 0) is 6.54 Å². The Hall–Kier alpha value is -1.47. The summed E-state index contributed by atoms with van der Waals surface area (Å²) in [4.78, 5) is 31.3. The third kappa shape index (κ3) is 3.72. The van der Waals surface area contributed by atoms with E-state index in [1.54, 1.807) is 24.0 Å². The van der Waals surface area contributed by atoms with E-state index in [1.165, 1.54) is 11.3 Å². The van der Waals surface area contributed by atoms with Crippen molar-refractivity contribution in [3.8, 4) is 0 Å². The average molecular weight is 396 g/mol. The number of aryl methyl sites for hydroxylation is 1. The molecule has 1 amide bonds. The fraction of sp³-hybridized carbons (Fsp3) is 0.438. The molecular formula is C16H18BrN3O2S. The van der Waals surface area contributed by atoms with E-state index < -0.39 is 0 Å². The van der Waals surface area contributed by atoms with Crippen LogP contribution in [0, 0.1) is 12.8 Å². The minimum absolute atomic E-state index is 0.0296. The molecule has 122 valence electrons. The minimum atomic E-state index is 0.0296. The van der Waals surface area contributed by atoms with E-state index in [2.05, 4.69) is 20.9 Å². The van der Waals surface area contributed by atoms with Crippen LogP contribution in [0.25, 0.3) is 0 Å². The molecule has 2 aromatic heterocycles. The molecule has 0 bridgehead atoms. The monoisotopic (exact) mass is 395 g/mol. The Kier molecular flexibility index (Phi) is 4.96. The van der Waals surface area contributed by atoms with E-state index in [9.17, 15) is 9.59 Å². The molecule has 0 radical (unpaired) electrons. The van der Waals surface area contributed by atoms with Gasteiger partial charge in [0.1, 0.15) is 0 Å². The third-order valence-corrected chi connectivity index (χ3v) is 5.89. The van der Waals surface area contributed by atoms with Crippen molar-refractivity contribution in [3.63, 3.8) is 0 Å². The molecule has 5 nitrogen and oxygen atoms in total. The van der Waals surface area contributed by atoms with Crippen molar-refractivity contribution in [2.24, 2.45) is 5.92 Å². The Morgan fingerprint density at radius 1 is 1.43 bits per heavy atom. The molecule has 0 unspecified atom stereocenters. The standard InChI is InChI=1S/C16H18BrN3O2S/c1-11-7-18-10-20(15(11)21)8-12-2-4-19(5-3-12)16(22)14-6-13(17)9-23-14/h6-7,9-10,12H,2-5,8H2,1H3. The van der Waals surface area contributed by atoms with Gasteiger partial charge in [0, 0.05) is 41.2 Å². The van der Waals surface area contributed by atoms with Gasteiger partial charge in [0.05, 0.1) is 11.2 Å². The molecule has 7 heteroatoms. The fourth-order valence-electron chi connectivity index (χ4n) is 2.87. The van der Waals surface area contributed by atoms with Crippen molar-refractivity contribution in [3.05, 3.63) is 49.2 Å². The minimum Gasteiger partial charge on any atom is -0.338 e. The number of hydrogen-bond donors (Lipinski definition) is 0. The van der Waals surface area contributed by atoms with Crippen molar-refractivity contribution in [2.75, 3.05) is 13.1 Å². The highest BCUT2D eigenvalue weighted by Gasteiger charge is 2.25. The summed E-state index contributed by atoms with van der Waals surface area (Å²) in [5.74, 6) is 0.518. The zero-order valence-corrected chi connectivity index (χ0v) is 15.3. The van der Waals surface area contributed by atoms with Crippen molar-refractivity contribution >= 4 is 33.2 Å². The zero-order valence-electron chi connectivity index (χ0n) is 12.9. The molecule has 1 fully saturated rings. The van der Waals surface area contributed by atoms with Gasteiger partial charge in [-0.05, 0) is 47.7 Å². The molecule has 0 saturated carbocycles. The number of aromatic nitrogens is 2. The summed E-state index contributed by atoms with van der Waals surface area (Å²) >= 11 is 4.85. The second kappa shape index (κ2) is 6.97. The first-order valence-corrected chi connectivity index (χ1v) is 9.26. The lowest BCUT2D eigenvalue weighted by molar-refractivity contribution is 0.0687. The molecule has 1 aliphatic heterocycles. The molecule has 0 aliphatic carbocycles. The van der Waals surface area contributed by atoms with Gasteiger partial charge in [0.15, 0.2) is 0 Å². The smallest absolute Gasteiger partial charge is 0.263 e. The first-order chi connectivity index (χ1) is 11.0. The van der Waals surface area contributed by atoms with Crippen LogP contribution >= 0.6 is 27.3 Å². The molecule has 1 aliphatic rings. The van der Waals surface area contributed by atoms with E-state index in [4.69, 9.17) is 0 Å². The number of carbonyl (C=O) groups is 1. The Morgan fingerprint density at radius 3 is 2.83 bits per heavy atom. The third-order valence-electron chi connectivity index (χ3n) is 4.21. The maximum Gasteiger partial charge on any atom is 0.263 e. The number of hydrogen-bond acceptors (Lipinski definition) is 4. The number of halogens is 1. The first kappa shape index (κ1) is 16.4. The number of likely N-dealkylation sites (tertiary alicyclic amines) is 1.